The van der Waals surface area contributed by atoms with Crippen molar-refractivity contribution >= 4 is 6.29 Å². The highest BCUT2D eigenvalue weighted by atomic mass is 16.1. The lowest BCUT2D eigenvalue weighted by molar-refractivity contribution is -0.109. The van der Waals surface area contributed by atoms with Crippen LogP contribution < -0.4 is 0 Å². The highest BCUT2D eigenvalue weighted by Crippen LogP contribution is 2.21. The summed E-state index contributed by atoms with van der Waals surface area (Å²) in [5.74, 6) is 0.489. The van der Waals surface area contributed by atoms with Gasteiger partial charge in [-0.1, -0.05) is 67.9 Å². The van der Waals surface area contributed by atoms with Crippen molar-refractivity contribution in [2.45, 2.75) is 39.0 Å². The van der Waals surface area contributed by atoms with Crippen molar-refractivity contribution in [3.8, 4) is 0 Å². The second-order valence-corrected chi connectivity index (χ2v) is 5.75. The Hall–Kier alpha value is -1.89. The van der Waals surface area contributed by atoms with Gasteiger partial charge in [0.05, 0.1) is 0 Å². The molecule has 20 heavy (non-hydrogen) atoms. The van der Waals surface area contributed by atoms with Crippen LogP contribution in [0.1, 0.15) is 47.9 Å². The Kier molecular flexibility index (Phi) is 4.73. The molecule has 2 aromatic carbocycles. The molecular weight excluding hydrogens is 244 g/mol. The number of rotatable bonds is 5. The van der Waals surface area contributed by atoms with E-state index in [4.69, 9.17) is 0 Å². The number of aryl methyl sites for hydroxylation is 1. The van der Waals surface area contributed by atoms with Crippen molar-refractivity contribution in [1.29, 1.82) is 0 Å². The molecule has 0 aromatic heterocycles. The molecule has 1 heteroatoms. The molecule has 0 amide bonds. The molecule has 0 radical (unpaired) electrons. The van der Waals surface area contributed by atoms with Crippen LogP contribution in [0.2, 0.25) is 0 Å². The maximum atomic E-state index is 11.4. The molecule has 0 bridgehead atoms. The van der Waals surface area contributed by atoms with Crippen molar-refractivity contribution in [2.24, 2.45) is 0 Å². The smallest absolute Gasteiger partial charge is 0.127 e. The molecule has 1 nitrogen and oxygen atoms in total. The lowest BCUT2D eigenvalue weighted by Gasteiger charge is -2.12. The number of carbonyl (C=O) groups excluding carboxylic acids is 1. The molecule has 0 aliphatic carbocycles. The van der Waals surface area contributed by atoms with Gasteiger partial charge in [0.1, 0.15) is 6.29 Å². The average molecular weight is 266 g/mol. The third kappa shape index (κ3) is 3.57. The fraction of sp³-hybridized carbons (Fsp3) is 0.316. The molecule has 2 rings (SSSR count). The summed E-state index contributed by atoms with van der Waals surface area (Å²) in [4.78, 5) is 11.4. The number of hydrogen-bond acceptors (Lipinski definition) is 1. The first kappa shape index (κ1) is 14.5. The Bertz CT molecular complexity index is 549. The molecule has 0 saturated carbocycles. The normalized spacial score (nSPS) is 12.4. The Labute approximate surface area is 121 Å². The van der Waals surface area contributed by atoms with Crippen LogP contribution in [0.4, 0.5) is 0 Å². The molecular formula is C19H22O. The molecule has 0 N–H and O–H groups in total. The van der Waals surface area contributed by atoms with E-state index in [-0.39, 0.29) is 5.92 Å². The van der Waals surface area contributed by atoms with E-state index in [1.807, 2.05) is 0 Å². The van der Waals surface area contributed by atoms with E-state index in [9.17, 15) is 4.79 Å². The Morgan fingerprint density at radius 3 is 1.95 bits per heavy atom. The molecule has 104 valence electrons. The van der Waals surface area contributed by atoms with E-state index < -0.39 is 0 Å². The summed E-state index contributed by atoms with van der Waals surface area (Å²) in [5, 5.41) is 0. The van der Waals surface area contributed by atoms with Gasteiger partial charge in [0.15, 0.2) is 0 Å². The second kappa shape index (κ2) is 6.51. The van der Waals surface area contributed by atoms with Crippen LogP contribution in [0.25, 0.3) is 0 Å². The third-order valence-corrected chi connectivity index (χ3v) is 3.77. The van der Waals surface area contributed by atoms with Gasteiger partial charge in [0.25, 0.3) is 0 Å². The third-order valence-electron chi connectivity index (χ3n) is 3.77. The highest BCUT2D eigenvalue weighted by Gasteiger charge is 2.11. The van der Waals surface area contributed by atoms with Crippen molar-refractivity contribution in [3.63, 3.8) is 0 Å². The zero-order valence-corrected chi connectivity index (χ0v) is 12.5. The summed E-state index contributed by atoms with van der Waals surface area (Å²) in [6.07, 6.45) is 1.83. The molecule has 0 heterocycles. The van der Waals surface area contributed by atoms with Gasteiger partial charge in [-0.25, -0.2) is 0 Å². The molecule has 1 atom stereocenters. The number of hydrogen-bond donors (Lipinski definition) is 0. The Balaban J connectivity index is 2.13. The summed E-state index contributed by atoms with van der Waals surface area (Å²) in [6, 6.07) is 16.8. The summed E-state index contributed by atoms with van der Waals surface area (Å²) >= 11 is 0. The Morgan fingerprint density at radius 2 is 1.45 bits per heavy atom. The van der Waals surface area contributed by atoms with E-state index in [0.717, 1.165) is 18.3 Å². The fourth-order valence-corrected chi connectivity index (χ4v) is 2.35. The number of aldehydes is 1. The molecule has 0 spiro atoms. The standard InChI is InChI=1S/C19H22O/c1-14(2)17-10-6-16(7-11-17)12-19(13-20)18-8-4-15(3)5-9-18/h4-11,13-14,19H,12H2,1-3H3. The number of carbonyl (C=O) groups is 1. The van der Waals surface area contributed by atoms with Crippen molar-refractivity contribution in [1.82, 2.24) is 0 Å². The van der Waals surface area contributed by atoms with Crippen molar-refractivity contribution in [3.05, 3.63) is 70.8 Å². The predicted molar refractivity (Wildman–Crippen MR) is 84.2 cm³/mol. The van der Waals surface area contributed by atoms with Gasteiger partial charge in [0.2, 0.25) is 0 Å². The van der Waals surface area contributed by atoms with Crippen molar-refractivity contribution in [2.75, 3.05) is 0 Å². The van der Waals surface area contributed by atoms with Crippen molar-refractivity contribution < 1.29 is 4.79 Å². The van der Waals surface area contributed by atoms with E-state index in [2.05, 4.69) is 69.3 Å². The lowest BCUT2D eigenvalue weighted by Crippen LogP contribution is -2.04. The largest absolute Gasteiger partial charge is 0.303 e. The first-order chi connectivity index (χ1) is 9.60. The predicted octanol–water partition coefficient (Wildman–Crippen LogP) is 4.64. The van der Waals surface area contributed by atoms with Gasteiger partial charge < -0.3 is 4.79 Å². The average Bonchev–Trinajstić information content (AvgIpc) is 2.46. The van der Waals surface area contributed by atoms with Gasteiger partial charge in [-0.2, -0.15) is 0 Å². The van der Waals surface area contributed by atoms with E-state index >= 15 is 0 Å². The van der Waals surface area contributed by atoms with Crippen LogP contribution in [0.5, 0.6) is 0 Å². The molecule has 0 saturated heterocycles. The Morgan fingerprint density at radius 1 is 0.900 bits per heavy atom. The van der Waals surface area contributed by atoms with Gasteiger partial charge in [0, 0.05) is 5.92 Å². The minimum atomic E-state index is -0.0551. The quantitative estimate of drug-likeness (QED) is 0.720. The minimum absolute atomic E-state index is 0.0551. The fourth-order valence-electron chi connectivity index (χ4n) is 2.35. The molecule has 0 aliphatic heterocycles. The first-order valence-electron chi connectivity index (χ1n) is 7.21. The summed E-state index contributed by atoms with van der Waals surface area (Å²) in [5.41, 5.74) is 4.87. The number of benzene rings is 2. The highest BCUT2D eigenvalue weighted by molar-refractivity contribution is 5.63. The molecule has 2 aromatic rings. The van der Waals surface area contributed by atoms with Crippen LogP contribution in [-0.4, -0.2) is 6.29 Å². The molecule has 0 fully saturated rings. The van der Waals surface area contributed by atoms with Gasteiger partial charge in [-0.05, 0) is 36.0 Å². The van der Waals surface area contributed by atoms with Crippen LogP contribution in [0, 0.1) is 6.92 Å². The second-order valence-electron chi connectivity index (χ2n) is 5.75. The van der Waals surface area contributed by atoms with Gasteiger partial charge >= 0.3 is 0 Å². The summed E-state index contributed by atoms with van der Waals surface area (Å²) in [7, 11) is 0. The SMILES string of the molecule is Cc1ccc(C(C=O)Cc2ccc(C(C)C)cc2)cc1. The minimum Gasteiger partial charge on any atom is -0.303 e. The van der Waals surface area contributed by atoms with Crippen LogP contribution in [-0.2, 0) is 11.2 Å². The van der Waals surface area contributed by atoms with Crippen LogP contribution >= 0.6 is 0 Å². The summed E-state index contributed by atoms with van der Waals surface area (Å²) < 4.78 is 0. The zero-order valence-electron chi connectivity index (χ0n) is 12.5. The zero-order chi connectivity index (χ0) is 14.5. The van der Waals surface area contributed by atoms with Gasteiger partial charge in [-0.3, -0.25) is 0 Å². The van der Waals surface area contributed by atoms with Crippen LogP contribution in [0.15, 0.2) is 48.5 Å². The summed E-state index contributed by atoms with van der Waals surface area (Å²) in [6.45, 7) is 6.44. The van der Waals surface area contributed by atoms with Gasteiger partial charge in [-0.15, -0.1) is 0 Å². The van der Waals surface area contributed by atoms with E-state index in [1.165, 1.54) is 16.7 Å². The maximum absolute atomic E-state index is 11.4. The molecule has 1 unspecified atom stereocenters. The monoisotopic (exact) mass is 266 g/mol. The van der Waals surface area contributed by atoms with E-state index in [1.54, 1.807) is 0 Å². The molecule has 0 aliphatic rings. The first-order valence-corrected chi connectivity index (χ1v) is 7.21. The topological polar surface area (TPSA) is 17.1 Å². The lowest BCUT2D eigenvalue weighted by atomic mass is 9.91. The van der Waals surface area contributed by atoms with E-state index in [0.29, 0.717) is 5.92 Å². The van der Waals surface area contributed by atoms with Crippen LogP contribution in [0.3, 0.4) is 0 Å². The maximum Gasteiger partial charge on any atom is 0.127 e.